The van der Waals surface area contributed by atoms with Gasteiger partial charge in [-0.05, 0) is 19.0 Å². The molecule has 1 unspecified atom stereocenters. The molecule has 8 heteroatoms. The largest absolute Gasteiger partial charge is 0.393 e. The molecule has 3 N–H and O–H groups in total. The van der Waals surface area contributed by atoms with E-state index in [4.69, 9.17) is 5.73 Å². The van der Waals surface area contributed by atoms with Gasteiger partial charge in [-0.3, -0.25) is 14.9 Å². The second-order valence-electron chi connectivity index (χ2n) is 4.71. The van der Waals surface area contributed by atoms with Crippen LogP contribution < -0.4 is 11.1 Å². The van der Waals surface area contributed by atoms with Gasteiger partial charge in [0, 0.05) is 19.6 Å². The summed E-state index contributed by atoms with van der Waals surface area (Å²) < 4.78 is 13.4. The number of nitrogens with two attached hydrogens (primary N) is 1. The van der Waals surface area contributed by atoms with E-state index in [1.165, 1.54) is 4.90 Å². The minimum Gasteiger partial charge on any atom is -0.393 e. The Morgan fingerprint density at radius 3 is 2.85 bits per heavy atom. The summed E-state index contributed by atoms with van der Waals surface area (Å²) in [7, 11) is 1.58. The van der Waals surface area contributed by atoms with E-state index in [0.717, 1.165) is 19.0 Å². The van der Waals surface area contributed by atoms with Gasteiger partial charge >= 0.3 is 0 Å². The van der Waals surface area contributed by atoms with Crippen molar-refractivity contribution < 1.29 is 14.1 Å². The van der Waals surface area contributed by atoms with Gasteiger partial charge in [0.25, 0.3) is 11.6 Å². The van der Waals surface area contributed by atoms with E-state index in [9.17, 15) is 19.3 Å². The van der Waals surface area contributed by atoms with Crippen molar-refractivity contribution in [1.82, 2.24) is 10.2 Å². The van der Waals surface area contributed by atoms with Crippen LogP contribution in [0.4, 0.5) is 15.8 Å². The van der Waals surface area contributed by atoms with Gasteiger partial charge in [-0.25, -0.2) is 4.39 Å². The first-order valence-corrected chi connectivity index (χ1v) is 6.13. The van der Waals surface area contributed by atoms with Gasteiger partial charge in [-0.15, -0.1) is 0 Å². The molecule has 2 rings (SSSR count). The quantitative estimate of drug-likeness (QED) is 0.484. The fraction of sp³-hybridized carbons (Fsp3) is 0.417. The van der Waals surface area contributed by atoms with Gasteiger partial charge in [-0.2, -0.15) is 0 Å². The minimum atomic E-state index is -0.854. The number of halogens is 1. The number of anilines is 1. The number of carbonyl (C=O) groups is 1. The molecule has 1 amide bonds. The Kier molecular flexibility index (Phi) is 3.84. The molecular formula is C12H15FN4O3. The fourth-order valence-electron chi connectivity index (χ4n) is 2.26. The number of nitrogen functional groups attached to an aromatic ring is 1. The topological polar surface area (TPSA) is 102 Å². The summed E-state index contributed by atoms with van der Waals surface area (Å²) >= 11 is 0. The number of nitro groups is 1. The maximum absolute atomic E-state index is 13.4. The highest BCUT2D eigenvalue weighted by atomic mass is 19.1. The Balaban J connectivity index is 2.36. The Morgan fingerprint density at radius 2 is 2.30 bits per heavy atom. The van der Waals surface area contributed by atoms with Gasteiger partial charge in [0.1, 0.15) is 11.5 Å². The number of rotatable bonds is 3. The molecule has 1 aromatic rings. The SMILES string of the molecule is CN(C(=O)c1cc(F)cc([N+](=O)[O-])c1N)C1CCNC1. The highest BCUT2D eigenvalue weighted by Gasteiger charge is 2.28. The predicted octanol–water partition coefficient (Wildman–Crippen LogP) is 0.750. The number of carbonyl (C=O) groups excluding carboxylic acids is 1. The number of nitrogens with zero attached hydrogens (tertiary/aromatic N) is 2. The van der Waals surface area contributed by atoms with Gasteiger partial charge < -0.3 is 16.0 Å². The Bertz CT molecular complexity index is 558. The van der Waals surface area contributed by atoms with Crippen LogP contribution in [0.5, 0.6) is 0 Å². The first-order chi connectivity index (χ1) is 9.41. The number of likely N-dealkylation sites (N-methyl/N-ethyl adjacent to an activating group) is 1. The molecule has 108 valence electrons. The zero-order valence-electron chi connectivity index (χ0n) is 10.9. The number of amides is 1. The molecule has 1 aromatic carbocycles. The van der Waals surface area contributed by atoms with E-state index < -0.39 is 22.3 Å². The van der Waals surface area contributed by atoms with Crippen LogP contribution in [0.1, 0.15) is 16.8 Å². The molecule has 1 aliphatic heterocycles. The number of hydrogen-bond acceptors (Lipinski definition) is 5. The first-order valence-electron chi connectivity index (χ1n) is 6.13. The van der Waals surface area contributed by atoms with E-state index in [-0.39, 0.29) is 17.3 Å². The molecule has 1 saturated heterocycles. The maximum Gasteiger partial charge on any atom is 0.295 e. The molecular weight excluding hydrogens is 267 g/mol. The van der Waals surface area contributed by atoms with Gasteiger partial charge in [-0.1, -0.05) is 0 Å². The molecule has 0 spiro atoms. The second-order valence-corrected chi connectivity index (χ2v) is 4.71. The lowest BCUT2D eigenvalue weighted by Gasteiger charge is -2.24. The van der Waals surface area contributed by atoms with E-state index in [1.807, 2.05) is 0 Å². The molecule has 1 aliphatic rings. The number of nitro benzene ring substituents is 1. The van der Waals surface area contributed by atoms with Crippen molar-refractivity contribution in [3.8, 4) is 0 Å². The third-order valence-electron chi connectivity index (χ3n) is 3.45. The Morgan fingerprint density at radius 1 is 1.60 bits per heavy atom. The Labute approximate surface area is 114 Å². The molecule has 0 saturated carbocycles. The number of nitrogens with one attached hydrogen (secondary N) is 1. The molecule has 0 bridgehead atoms. The highest BCUT2D eigenvalue weighted by Crippen LogP contribution is 2.28. The van der Waals surface area contributed by atoms with E-state index in [2.05, 4.69) is 5.32 Å². The smallest absolute Gasteiger partial charge is 0.295 e. The summed E-state index contributed by atoms with van der Waals surface area (Å²) in [5, 5.41) is 13.9. The van der Waals surface area contributed by atoms with Crippen molar-refractivity contribution >= 4 is 17.3 Å². The van der Waals surface area contributed by atoms with Crippen molar-refractivity contribution in [2.75, 3.05) is 25.9 Å². The average Bonchev–Trinajstić information content (AvgIpc) is 2.93. The van der Waals surface area contributed by atoms with Crippen LogP contribution in [0.2, 0.25) is 0 Å². The van der Waals surface area contributed by atoms with Crippen LogP contribution in [-0.4, -0.2) is 41.9 Å². The average molecular weight is 282 g/mol. The van der Waals surface area contributed by atoms with Crippen LogP contribution in [0.25, 0.3) is 0 Å². The summed E-state index contributed by atoms with van der Waals surface area (Å²) in [5.74, 6) is -1.37. The predicted molar refractivity (Wildman–Crippen MR) is 70.8 cm³/mol. The fourth-order valence-corrected chi connectivity index (χ4v) is 2.26. The number of hydrogen-bond donors (Lipinski definition) is 2. The van der Waals surface area contributed by atoms with E-state index in [1.54, 1.807) is 7.05 Å². The molecule has 0 aromatic heterocycles. The van der Waals surface area contributed by atoms with Crippen molar-refractivity contribution in [1.29, 1.82) is 0 Å². The Hall–Kier alpha value is -2.22. The lowest BCUT2D eigenvalue weighted by atomic mass is 10.1. The van der Waals surface area contributed by atoms with Gasteiger partial charge in [0.2, 0.25) is 0 Å². The van der Waals surface area contributed by atoms with Crippen molar-refractivity contribution in [3.63, 3.8) is 0 Å². The molecule has 0 aliphatic carbocycles. The molecule has 0 radical (unpaired) electrons. The van der Waals surface area contributed by atoms with Crippen LogP contribution >= 0.6 is 0 Å². The summed E-state index contributed by atoms with van der Waals surface area (Å²) in [4.78, 5) is 23.7. The van der Waals surface area contributed by atoms with Crippen LogP contribution in [-0.2, 0) is 0 Å². The normalized spacial score (nSPS) is 18.0. The molecule has 20 heavy (non-hydrogen) atoms. The molecule has 1 atom stereocenters. The molecule has 1 fully saturated rings. The molecule has 1 heterocycles. The maximum atomic E-state index is 13.4. The summed E-state index contributed by atoms with van der Waals surface area (Å²) in [6, 6.07) is 1.62. The third-order valence-corrected chi connectivity index (χ3v) is 3.45. The summed E-state index contributed by atoms with van der Waals surface area (Å²) in [6.07, 6.45) is 0.777. The van der Waals surface area contributed by atoms with Gasteiger partial charge in [0.15, 0.2) is 0 Å². The van der Waals surface area contributed by atoms with Gasteiger partial charge in [0.05, 0.1) is 16.6 Å². The van der Waals surface area contributed by atoms with Crippen molar-refractivity contribution in [3.05, 3.63) is 33.6 Å². The standard InChI is InChI=1S/C12H15FN4O3/c1-16(8-2-3-15-6-8)12(18)9-4-7(13)5-10(11(9)14)17(19)20/h4-5,8,15H,2-3,6,14H2,1H3. The monoisotopic (exact) mass is 282 g/mol. The first kappa shape index (κ1) is 14.2. The zero-order chi connectivity index (χ0) is 14.9. The summed E-state index contributed by atoms with van der Waals surface area (Å²) in [5.41, 5.74) is 4.55. The van der Waals surface area contributed by atoms with Crippen LogP contribution in [0.15, 0.2) is 12.1 Å². The number of benzene rings is 1. The van der Waals surface area contributed by atoms with Crippen molar-refractivity contribution in [2.24, 2.45) is 0 Å². The third kappa shape index (κ3) is 2.55. The highest BCUT2D eigenvalue weighted by molar-refractivity contribution is 6.01. The lowest BCUT2D eigenvalue weighted by Crippen LogP contribution is -2.38. The zero-order valence-corrected chi connectivity index (χ0v) is 10.9. The van der Waals surface area contributed by atoms with Crippen LogP contribution in [0.3, 0.4) is 0 Å². The summed E-state index contributed by atoms with van der Waals surface area (Å²) in [6.45, 7) is 1.43. The van der Waals surface area contributed by atoms with E-state index in [0.29, 0.717) is 12.6 Å². The molecule has 7 nitrogen and oxygen atoms in total. The second kappa shape index (κ2) is 5.41. The van der Waals surface area contributed by atoms with Crippen molar-refractivity contribution in [2.45, 2.75) is 12.5 Å². The van der Waals surface area contributed by atoms with Crippen LogP contribution in [0, 0.1) is 15.9 Å². The lowest BCUT2D eigenvalue weighted by molar-refractivity contribution is -0.384. The van der Waals surface area contributed by atoms with E-state index >= 15 is 0 Å². The minimum absolute atomic E-state index is 0.0239.